The molecule has 0 unspecified atom stereocenters. The molecule has 7 rings (SSSR count). The van der Waals surface area contributed by atoms with E-state index in [1.54, 1.807) is 0 Å². The molecule has 6 heteroatoms. The van der Waals surface area contributed by atoms with Gasteiger partial charge in [0.05, 0.1) is 11.4 Å². The summed E-state index contributed by atoms with van der Waals surface area (Å²) in [5.41, 5.74) is 7.46. The number of imidazole rings is 1. The maximum Gasteiger partial charge on any atom is 0.161 e. The lowest BCUT2D eigenvalue weighted by Gasteiger charge is -2.47. The molecule has 0 aliphatic carbocycles. The van der Waals surface area contributed by atoms with Gasteiger partial charge in [0.15, 0.2) is 5.82 Å². The lowest BCUT2D eigenvalue weighted by Crippen LogP contribution is -2.57. The summed E-state index contributed by atoms with van der Waals surface area (Å²) >= 11 is 0. The minimum Gasteiger partial charge on any atom is -0.371 e. The molecule has 0 atom stereocenters. The first-order valence-corrected chi connectivity index (χ1v) is 12.2. The number of likely N-dealkylation sites (tertiary alicyclic amines) is 1. The van der Waals surface area contributed by atoms with Gasteiger partial charge in [0.2, 0.25) is 0 Å². The van der Waals surface area contributed by atoms with Crippen molar-refractivity contribution in [2.24, 2.45) is 5.41 Å². The summed E-state index contributed by atoms with van der Waals surface area (Å²) in [4.78, 5) is 9.82. The van der Waals surface area contributed by atoms with Crippen LogP contribution < -0.4 is 4.90 Å². The van der Waals surface area contributed by atoms with Gasteiger partial charge >= 0.3 is 0 Å². The summed E-state index contributed by atoms with van der Waals surface area (Å²) in [5, 5.41) is 0. The van der Waals surface area contributed by atoms with Gasteiger partial charge in [-0.15, -0.1) is 0 Å². The van der Waals surface area contributed by atoms with Crippen LogP contribution in [0.1, 0.15) is 18.9 Å². The van der Waals surface area contributed by atoms with Crippen LogP contribution in [0.4, 0.5) is 10.1 Å². The topological polar surface area (TPSA) is 29.2 Å². The second-order valence-electron chi connectivity index (χ2n) is 10.2. The first-order chi connectivity index (χ1) is 16.6. The Labute approximate surface area is 199 Å². The van der Waals surface area contributed by atoms with Gasteiger partial charge < -0.3 is 14.4 Å². The average Bonchev–Trinajstić information content (AvgIpc) is 3.56. The van der Waals surface area contributed by atoms with Crippen LogP contribution >= 0.6 is 0 Å². The minimum absolute atomic E-state index is 0.213. The van der Waals surface area contributed by atoms with Gasteiger partial charge in [0, 0.05) is 68.0 Å². The Bertz CT molecular complexity index is 1380. The van der Waals surface area contributed by atoms with Gasteiger partial charge in [-0.2, -0.15) is 0 Å². The number of nitrogens with zero attached hydrogens (tertiary/aromatic N) is 5. The zero-order valence-corrected chi connectivity index (χ0v) is 19.4. The summed E-state index contributed by atoms with van der Waals surface area (Å²) < 4.78 is 17.9. The highest BCUT2D eigenvalue weighted by Crippen LogP contribution is 2.42. The normalized spacial score (nSPS) is 18.4. The van der Waals surface area contributed by atoms with Crippen LogP contribution in [0.15, 0.2) is 67.1 Å². The summed E-state index contributed by atoms with van der Waals surface area (Å²) in [7, 11) is 0. The summed E-state index contributed by atoms with van der Waals surface area (Å²) in [5.74, 6) is 0.726. The monoisotopic (exact) mass is 453 g/mol. The highest BCUT2D eigenvalue weighted by Gasteiger charge is 2.46. The summed E-state index contributed by atoms with van der Waals surface area (Å²) in [6.07, 6.45) is 7.37. The third-order valence-corrected chi connectivity index (χ3v) is 7.98. The molecular weight excluding hydrogens is 425 g/mol. The van der Waals surface area contributed by atoms with Gasteiger partial charge in [0.25, 0.3) is 0 Å². The molecule has 34 heavy (non-hydrogen) atoms. The van der Waals surface area contributed by atoms with Crippen molar-refractivity contribution in [1.29, 1.82) is 0 Å². The zero-order chi connectivity index (χ0) is 22.9. The predicted molar refractivity (Wildman–Crippen MR) is 133 cm³/mol. The molecule has 0 bridgehead atoms. The van der Waals surface area contributed by atoms with E-state index < -0.39 is 0 Å². The fourth-order valence-electron chi connectivity index (χ4n) is 6.17. The smallest absolute Gasteiger partial charge is 0.161 e. The Hall–Kier alpha value is -3.38. The van der Waals surface area contributed by atoms with Crippen molar-refractivity contribution in [3.63, 3.8) is 0 Å². The summed E-state index contributed by atoms with van der Waals surface area (Å²) in [6.45, 7) is 8.97. The van der Waals surface area contributed by atoms with Crippen molar-refractivity contribution in [1.82, 2.24) is 19.0 Å². The number of anilines is 1. The van der Waals surface area contributed by atoms with Gasteiger partial charge in [-0.1, -0.05) is 19.1 Å². The molecule has 172 valence electrons. The van der Waals surface area contributed by atoms with E-state index in [9.17, 15) is 4.39 Å². The number of aromatic nitrogens is 3. The van der Waals surface area contributed by atoms with Crippen molar-refractivity contribution < 1.29 is 4.39 Å². The van der Waals surface area contributed by atoms with E-state index in [0.29, 0.717) is 5.41 Å². The van der Waals surface area contributed by atoms with Gasteiger partial charge in [-0.05, 0) is 60.5 Å². The molecule has 1 spiro atoms. The minimum atomic E-state index is -0.213. The molecule has 2 saturated heterocycles. The third kappa shape index (κ3) is 3.05. The van der Waals surface area contributed by atoms with E-state index in [1.165, 1.54) is 48.6 Å². The number of hydrogen-bond acceptors (Lipinski definition) is 3. The molecule has 2 fully saturated rings. The molecule has 5 nitrogen and oxygen atoms in total. The number of benzene rings is 2. The number of rotatable bonds is 3. The van der Waals surface area contributed by atoms with Crippen molar-refractivity contribution >= 4 is 5.69 Å². The maximum atomic E-state index is 13.5. The van der Waals surface area contributed by atoms with Crippen molar-refractivity contribution in [3.8, 4) is 28.3 Å². The largest absolute Gasteiger partial charge is 0.371 e. The van der Waals surface area contributed by atoms with Gasteiger partial charge in [-0.25, -0.2) is 9.37 Å². The van der Waals surface area contributed by atoms with Crippen molar-refractivity contribution in [2.75, 3.05) is 37.6 Å². The van der Waals surface area contributed by atoms with E-state index in [0.717, 1.165) is 48.8 Å². The molecular formula is C28H28FN5. The molecule has 0 amide bonds. The van der Waals surface area contributed by atoms with Crippen LogP contribution in [0, 0.1) is 11.2 Å². The molecule has 0 saturated carbocycles. The predicted octanol–water partition coefficient (Wildman–Crippen LogP) is 5.04. The van der Waals surface area contributed by atoms with Crippen molar-refractivity contribution in [3.05, 3.63) is 78.5 Å². The molecule has 3 aliphatic heterocycles. The standard InChI is InChI=1S/C28H28FN5/c1-2-31-17-28(18-31)9-11-32(19-28)24-7-8-25-22(13-24)16-33-15-21(20-3-5-23(29)6-4-20)14-26(33)27-30-10-12-34(25)27/h3-8,10,12-15H,2,9,11,16-19H2,1H3. The van der Waals surface area contributed by atoms with E-state index >= 15 is 0 Å². The summed E-state index contributed by atoms with van der Waals surface area (Å²) in [6, 6.07) is 15.8. The molecule has 4 aromatic rings. The Morgan fingerprint density at radius 3 is 2.68 bits per heavy atom. The molecule has 2 aromatic heterocycles. The van der Waals surface area contributed by atoms with Crippen LogP contribution in [0.2, 0.25) is 0 Å². The van der Waals surface area contributed by atoms with E-state index in [1.807, 2.05) is 24.5 Å². The quantitative estimate of drug-likeness (QED) is 0.383. The second-order valence-corrected chi connectivity index (χ2v) is 10.2. The van der Waals surface area contributed by atoms with E-state index in [4.69, 9.17) is 4.98 Å². The number of hydrogen-bond donors (Lipinski definition) is 0. The Balaban J connectivity index is 1.25. The van der Waals surface area contributed by atoms with Gasteiger partial charge in [-0.3, -0.25) is 4.57 Å². The van der Waals surface area contributed by atoms with Crippen LogP contribution in [0.5, 0.6) is 0 Å². The fraction of sp³-hybridized carbons (Fsp3) is 0.321. The highest BCUT2D eigenvalue weighted by atomic mass is 19.1. The Morgan fingerprint density at radius 2 is 1.85 bits per heavy atom. The first kappa shape index (κ1) is 20.0. The van der Waals surface area contributed by atoms with Crippen molar-refractivity contribution in [2.45, 2.75) is 19.9 Å². The third-order valence-electron chi connectivity index (χ3n) is 7.98. The van der Waals surface area contributed by atoms with Crippen LogP contribution in [-0.4, -0.2) is 51.7 Å². The lowest BCUT2D eigenvalue weighted by atomic mass is 9.79. The number of fused-ring (bicyclic) bond motifs is 5. The Kier molecular flexibility index (Phi) is 4.31. The van der Waals surface area contributed by atoms with Crippen LogP contribution in [-0.2, 0) is 6.54 Å². The first-order valence-electron chi connectivity index (χ1n) is 12.2. The average molecular weight is 454 g/mol. The second kappa shape index (κ2) is 7.31. The maximum absolute atomic E-state index is 13.5. The Morgan fingerprint density at radius 1 is 1.00 bits per heavy atom. The SMILES string of the molecule is CCN1CC2(CCN(c3ccc4c(c3)Cn3cc(-c5ccc(F)cc5)cc3-c3nccn3-4)C2)C1. The molecule has 0 N–H and O–H groups in total. The molecule has 0 radical (unpaired) electrons. The van der Waals surface area contributed by atoms with Crippen LogP contribution in [0.25, 0.3) is 28.3 Å². The fourth-order valence-corrected chi connectivity index (χ4v) is 6.17. The number of halogens is 1. The van der Waals surface area contributed by atoms with Crippen LogP contribution in [0.3, 0.4) is 0 Å². The molecule has 2 aromatic carbocycles. The van der Waals surface area contributed by atoms with Gasteiger partial charge in [0.1, 0.15) is 5.82 Å². The van der Waals surface area contributed by atoms with E-state index in [-0.39, 0.29) is 5.82 Å². The highest BCUT2D eigenvalue weighted by molar-refractivity contribution is 5.72. The molecule has 3 aliphatic rings. The zero-order valence-electron chi connectivity index (χ0n) is 19.4. The van der Waals surface area contributed by atoms with E-state index in [2.05, 4.69) is 56.3 Å². The lowest BCUT2D eigenvalue weighted by molar-refractivity contribution is 0.0232. The molecule has 5 heterocycles.